The highest BCUT2D eigenvalue weighted by Gasteiger charge is 1.96. The second kappa shape index (κ2) is 12.0. The highest BCUT2D eigenvalue weighted by Crippen LogP contribution is 1.80. The molecular formula is C13H20N2O2. The number of hydrogen-bond donors (Lipinski definition) is 2. The number of hydrogen-bond acceptors (Lipinski definition) is 2. The van der Waals surface area contributed by atoms with Crippen molar-refractivity contribution in [1.29, 1.82) is 0 Å². The third kappa shape index (κ3) is 13.9. The molecule has 2 amide bonds. The minimum atomic E-state index is -0.164. The second-order valence-electron chi connectivity index (χ2n) is 2.98. The molecule has 0 aliphatic rings. The summed E-state index contributed by atoms with van der Waals surface area (Å²) in [6.45, 7) is 15.8. The Morgan fingerprint density at radius 1 is 1.12 bits per heavy atom. The van der Waals surface area contributed by atoms with Crippen molar-refractivity contribution >= 4 is 11.8 Å². The number of carbonyl (C=O) groups is 2. The monoisotopic (exact) mass is 236 g/mol. The summed E-state index contributed by atoms with van der Waals surface area (Å²) < 4.78 is 0. The van der Waals surface area contributed by atoms with Crippen LogP contribution in [0.4, 0.5) is 0 Å². The van der Waals surface area contributed by atoms with Gasteiger partial charge in [-0.25, -0.2) is 0 Å². The zero-order valence-corrected chi connectivity index (χ0v) is 10.2. The molecule has 2 N–H and O–H groups in total. The van der Waals surface area contributed by atoms with Crippen LogP contribution in [0.1, 0.15) is 6.92 Å². The molecule has 17 heavy (non-hydrogen) atoms. The molecule has 4 heteroatoms. The number of rotatable bonds is 6. The first-order chi connectivity index (χ1) is 8.01. The Balaban J connectivity index is 0. The molecule has 0 radical (unpaired) electrons. The van der Waals surface area contributed by atoms with Crippen molar-refractivity contribution in [3.8, 4) is 0 Å². The molecule has 0 aliphatic carbocycles. The maximum atomic E-state index is 10.5. The molecule has 4 nitrogen and oxygen atoms in total. The largest absolute Gasteiger partial charge is 0.349 e. The Morgan fingerprint density at radius 2 is 1.65 bits per heavy atom. The quantitative estimate of drug-likeness (QED) is 0.540. The summed E-state index contributed by atoms with van der Waals surface area (Å²) in [6.07, 6.45) is 5.73. The number of nitrogens with one attached hydrogen (secondary N) is 2. The number of carbonyl (C=O) groups excluding carboxylic acids is 2. The topological polar surface area (TPSA) is 58.2 Å². The average molecular weight is 236 g/mol. The molecule has 0 aromatic rings. The van der Waals surface area contributed by atoms with Crippen molar-refractivity contribution in [3.05, 3.63) is 50.6 Å². The highest BCUT2D eigenvalue weighted by atomic mass is 16.2. The van der Waals surface area contributed by atoms with Crippen molar-refractivity contribution < 1.29 is 9.59 Å². The van der Waals surface area contributed by atoms with E-state index in [0.717, 1.165) is 0 Å². The minimum Gasteiger partial charge on any atom is -0.349 e. The van der Waals surface area contributed by atoms with Gasteiger partial charge >= 0.3 is 0 Å². The fourth-order valence-electron chi connectivity index (χ4n) is 0.587. The van der Waals surface area contributed by atoms with Crippen LogP contribution in [0.15, 0.2) is 50.6 Å². The van der Waals surface area contributed by atoms with Crippen LogP contribution < -0.4 is 10.6 Å². The van der Waals surface area contributed by atoms with E-state index in [1.807, 2.05) is 6.92 Å². The van der Waals surface area contributed by atoms with Crippen LogP contribution in [0.25, 0.3) is 0 Å². The zero-order chi connectivity index (χ0) is 13.7. The van der Waals surface area contributed by atoms with E-state index in [1.54, 1.807) is 12.2 Å². The molecule has 94 valence electrons. The molecule has 0 bridgehead atoms. The van der Waals surface area contributed by atoms with Gasteiger partial charge in [0.05, 0.1) is 0 Å². The van der Waals surface area contributed by atoms with Gasteiger partial charge in [0.25, 0.3) is 0 Å². The third-order valence-electron chi connectivity index (χ3n) is 1.51. The predicted octanol–water partition coefficient (Wildman–Crippen LogP) is 1.34. The Kier molecular flexibility index (Phi) is 12.2. The normalized spacial score (nSPS) is 9.71. The highest BCUT2D eigenvalue weighted by molar-refractivity contribution is 5.87. The lowest BCUT2D eigenvalue weighted by Gasteiger charge is -2.04. The fraction of sp³-hybridized carbons (Fsp3) is 0.231. The molecular weight excluding hydrogens is 216 g/mol. The van der Waals surface area contributed by atoms with Crippen LogP contribution >= 0.6 is 0 Å². The van der Waals surface area contributed by atoms with E-state index < -0.39 is 0 Å². The van der Waals surface area contributed by atoms with Crippen LogP contribution in [0.2, 0.25) is 0 Å². The minimum absolute atomic E-state index is 0.0236. The molecule has 0 heterocycles. The first-order valence-corrected chi connectivity index (χ1v) is 5.08. The maximum Gasteiger partial charge on any atom is 0.243 e. The summed E-state index contributed by atoms with van der Waals surface area (Å²) in [5, 5.41) is 5.11. The lowest BCUT2D eigenvalue weighted by atomic mass is 10.3. The molecule has 0 saturated carbocycles. The summed E-state index contributed by atoms with van der Waals surface area (Å²) in [4.78, 5) is 20.8. The van der Waals surface area contributed by atoms with E-state index in [-0.39, 0.29) is 17.9 Å². The Bertz CT molecular complexity index is 296. The van der Waals surface area contributed by atoms with E-state index in [1.165, 1.54) is 12.2 Å². The van der Waals surface area contributed by atoms with Crippen molar-refractivity contribution in [2.75, 3.05) is 6.54 Å². The Morgan fingerprint density at radius 3 is 2.00 bits per heavy atom. The van der Waals surface area contributed by atoms with Gasteiger partial charge in [0.1, 0.15) is 0 Å². The van der Waals surface area contributed by atoms with Crippen molar-refractivity contribution in [2.24, 2.45) is 0 Å². The van der Waals surface area contributed by atoms with Gasteiger partial charge in [-0.05, 0) is 19.1 Å². The summed E-state index contributed by atoms with van der Waals surface area (Å²) in [5.74, 6) is -0.327. The summed E-state index contributed by atoms with van der Waals surface area (Å²) >= 11 is 0. The van der Waals surface area contributed by atoms with Gasteiger partial charge in [-0.3, -0.25) is 9.59 Å². The first-order valence-electron chi connectivity index (χ1n) is 5.08. The molecule has 0 fully saturated rings. The summed E-state index contributed by atoms with van der Waals surface area (Å²) in [7, 11) is 0. The van der Waals surface area contributed by atoms with Crippen LogP contribution in [-0.4, -0.2) is 24.4 Å². The van der Waals surface area contributed by atoms with E-state index in [4.69, 9.17) is 0 Å². The van der Waals surface area contributed by atoms with Crippen LogP contribution in [0.5, 0.6) is 0 Å². The predicted molar refractivity (Wildman–Crippen MR) is 71.4 cm³/mol. The number of amides is 2. The Hall–Kier alpha value is -2.10. The van der Waals surface area contributed by atoms with Crippen molar-refractivity contribution in [3.63, 3.8) is 0 Å². The summed E-state index contributed by atoms with van der Waals surface area (Å²) in [6, 6.07) is 0.0236. The van der Waals surface area contributed by atoms with E-state index in [9.17, 15) is 9.59 Å². The van der Waals surface area contributed by atoms with Gasteiger partial charge in [-0.1, -0.05) is 25.3 Å². The van der Waals surface area contributed by atoms with Crippen LogP contribution in [0.3, 0.4) is 0 Å². The lowest BCUT2D eigenvalue weighted by Crippen LogP contribution is -2.28. The fourth-order valence-corrected chi connectivity index (χ4v) is 0.587. The molecule has 0 aromatic heterocycles. The molecule has 0 spiro atoms. The molecule has 0 aromatic carbocycles. The van der Waals surface area contributed by atoms with Gasteiger partial charge in [-0.15, -0.1) is 13.2 Å². The second-order valence-corrected chi connectivity index (χ2v) is 2.98. The summed E-state index contributed by atoms with van der Waals surface area (Å²) in [5.41, 5.74) is 0. The SMILES string of the molecule is C=CC(=O)NC(C)C=C.C=CCNC(=O)C=C. The van der Waals surface area contributed by atoms with E-state index >= 15 is 0 Å². The van der Waals surface area contributed by atoms with E-state index in [2.05, 4.69) is 36.9 Å². The van der Waals surface area contributed by atoms with Crippen molar-refractivity contribution in [2.45, 2.75) is 13.0 Å². The van der Waals surface area contributed by atoms with Crippen LogP contribution in [-0.2, 0) is 9.59 Å². The third-order valence-corrected chi connectivity index (χ3v) is 1.51. The van der Waals surface area contributed by atoms with Gasteiger partial charge in [0.2, 0.25) is 11.8 Å². The molecule has 1 unspecified atom stereocenters. The van der Waals surface area contributed by atoms with Crippen LogP contribution in [0, 0.1) is 0 Å². The smallest absolute Gasteiger partial charge is 0.243 e. The molecule has 0 rings (SSSR count). The Labute approximate surface area is 103 Å². The molecule has 0 aliphatic heterocycles. The van der Waals surface area contributed by atoms with Gasteiger partial charge < -0.3 is 10.6 Å². The van der Waals surface area contributed by atoms with Gasteiger partial charge in [0, 0.05) is 12.6 Å². The lowest BCUT2D eigenvalue weighted by molar-refractivity contribution is -0.117. The molecule has 0 saturated heterocycles. The standard InChI is InChI=1S/C7H11NO.C6H9NO/c1-4-6(3)8-7(9)5-2;1-3-5-7-6(8)4-2/h4-6H,1-2H2,3H3,(H,8,9);3-4H,1-2,5H2,(H,7,8). The van der Waals surface area contributed by atoms with E-state index in [0.29, 0.717) is 6.54 Å². The van der Waals surface area contributed by atoms with Gasteiger partial charge in [0.15, 0.2) is 0 Å². The zero-order valence-electron chi connectivity index (χ0n) is 10.2. The molecule has 1 atom stereocenters. The van der Waals surface area contributed by atoms with Gasteiger partial charge in [-0.2, -0.15) is 0 Å². The average Bonchev–Trinajstić information content (AvgIpc) is 2.36. The maximum absolute atomic E-state index is 10.5. The van der Waals surface area contributed by atoms with Crippen molar-refractivity contribution in [1.82, 2.24) is 10.6 Å². The first kappa shape index (κ1) is 17.3.